The summed E-state index contributed by atoms with van der Waals surface area (Å²) < 4.78 is 0. The highest BCUT2D eigenvalue weighted by Crippen LogP contribution is 2.24. The van der Waals surface area contributed by atoms with Crippen molar-refractivity contribution < 1.29 is 9.90 Å². The van der Waals surface area contributed by atoms with Gasteiger partial charge in [-0.3, -0.25) is 0 Å². The number of carbonyl (C=O) groups is 1. The van der Waals surface area contributed by atoms with E-state index in [0.717, 1.165) is 0 Å². The standard InChI is InChI=1S/C9H6BrNO2S/c10-3-7-5(4-11)1-2-6(8(7)14)9(12)13/h1-2,14H,3H2,(H,12,13). The third kappa shape index (κ3) is 1.91. The van der Waals surface area contributed by atoms with Gasteiger partial charge in [-0.1, -0.05) is 15.9 Å². The third-order valence-corrected chi connectivity index (χ3v) is 2.84. The predicted octanol–water partition coefficient (Wildman–Crippen LogP) is 2.44. The molecule has 0 spiro atoms. The van der Waals surface area contributed by atoms with Crippen LogP contribution in [0.15, 0.2) is 17.0 Å². The van der Waals surface area contributed by atoms with E-state index in [-0.39, 0.29) is 5.56 Å². The topological polar surface area (TPSA) is 61.1 Å². The molecule has 0 bridgehead atoms. The summed E-state index contributed by atoms with van der Waals surface area (Å²) in [6.07, 6.45) is 0. The smallest absolute Gasteiger partial charge is 0.336 e. The van der Waals surface area contributed by atoms with Gasteiger partial charge in [0, 0.05) is 10.2 Å². The van der Waals surface area contributed by atoms with Gasteiger partial charge < -0.3 is 5.11 Å². The molecule has 0 saturated carbocycles. The molecule has 3 nitrogen and oxygen atoms in total. The second-order valence-corrected chi connectivity index (χ2v) is 3.55. The Labute approximate surface area is 94.9 Å². The number of halogens is 1. The first-order valence-corrected chi connectivity index (χ1v) is 5.23. The van der Waals surface area contributed by atoms with Gasteiger partial charge in [-0.25, -0.2) is 4.79 Å². The van der Waals surface area contributed by atoms with Crippen LogP contribution in [-0.2, 0) is 5.33 Å². The van der Waals surface area contributed by atoms with Crippen molar-refractivity contribution in [2.24, 2.45) is 0 Å². The molecular weight excluding hydrogens is 266 g/mol. The Balaban J connectivity index is 3.44. The maximum absolute atomic E-state index is 10.7. The zero-order chi connectivity index (χ0) is 10.7. The van der Waals surface area contributed by atoms with Gasteiger partial charge in [-0.05, 0) is 17.7 Å². The highest BCUT2D eigenvalue weighted by atomic mass is 79.9. The number of carboxylic acid groups (broad SMARTS) is 1. The lowest BCUT2D eigenvalue weighted by Gasteiger charge is -2.06. The largest absolute Gasteiger partial charge is 0.478 e. The minimum atomic E-state index is -1.04. The van der Waals surface area contributed by atoms with Crippen molar-refractivity contribution in [2.45, 2.75) is 10.2 Å². The lowest BCUT2D eigenvalue weighted by molar-refractivity contribution is 0.0693. The van der Waals surface area contributed by atoms with E-state index in [2.05, 4.69) is 28.6 Å². The molecule has 0 aliphatic rings. The van der Waals surface area contributed by atoms with Crippen LogP contribution >= 0.6 is 28.6 Å². The van der Waals surface area contributed by atoms with E-state index in [1.165, 1.54) is 12.1 Å². The molecule has 0 aliphatic carbocycles. The quantitative estimate of drug-likeness (QED) is 0.642. The van der Waals surface area contributed by atoms with Crippen LogP contribution in [0.4, 0.5) is 0 Å². The van der Waals surface area contributed by atoms with Gasteiger partial charge in [0.2, 0.25) is 0 Å². The summed E-state index contributed by atoms with van der Waals surface area (Å²) in [4.78, 5) is 11.1. The van der Waals surface area contributed by atoms with Crippen molar-refractivity contribution in [2.75, 3.05) is 0 Å². The van der Waals surface area contributed by atoms with E-state index < -0.39 is 5.97 Å². The molecule has 0 aliphatic heterocycles. The minimum absolute atomic E-state index is 0.113. The molecule has 1 aromatic carbocycles. The minimum Gasteiger partial charge on any atom is -0.478 e. The first-order chi connectivity index (χ1) is 6.61. The van der Waals surface area contributed by atoms with Crippen LogP contribution in [0.25, 0.3) is 0 Å². The number of thiol groups is 1. The van der Waals surface area contributed by atoms with Crippen LogP contribution in [0, 0.1) is 11.3 Å². The van der Waals surface area contributed by atoms with Crippen molar-refractivity contribution >= 4 is 34.5 Å². The van der Waals surface area contributed by atoms with E-state index in [4.69, 9.17) is 10.4 Å². The number of benzene rings is 1. The average molecular weight is 272 g/mol. The number of carboxylic acids is 1. The van der Waals surface area contributed by atoms with Crippen LogP contribution in [0.5, 0.6) is 0 Å². The Morgan fingerprint density at radius 2 is 2.29 bits per heavy atom. The maximum Gasteiger partial charge on any atom is 0.336 e. The molecule has 0 saturated heterocycles. The van der Waals surface area contributed by atoms with E-state index in [9.17, 15) is 4.79 Å². The Morgan fingerprint density at radius 3 is 2.71 bits per heavy atom. The van der Waals surface area contributed by atoms with E-state index >= 15 is 0 Å². The van der Waals surface area contributed by atoms with Crippen LogP contribution in [0.3, 0.4) is 0 Å². The second kappa shape index (κ2) is 4.49. The molecule has 1 N–H and O–H groups in total. The van der Waals surface area contributed by atoms with Gasteiger partial charge in [-0.2, -0.15) is 5.26 Å². The Kier molecular flexibility index (Phi) is 3.55. The fourth-order valence-electron chi connectivity index (χ4n) is 1.05. The summed E-state index contributed by atoms with van der Waals surface area (Å²) in [5.74, 6) is -1.04. The van der Waals surface area contributed by atoms with E-state index in [0.29, 0.717) is 21.4 Å². The molecule has 0 radical (unpaired) electrons. The Bertz CT molecular complexity index is 426. The molecule has 0 heterocycles. The summed E-state index contributed by atoms with van der Waals surface area (Å²) in [7, 11) is 0. The first-order valence-electron chi connectivity index (χ1n) is 3.66. The summed E-state index contributed by atoms with van der Waals surface area (Å²) >= 11 is 7.28. The zero-order valence-electron chi connectivity index (χ0n) is 6.99. The number of nitrogens with zero attached hydrogens (tertiary/aromatic N) is 1. The van der Waals surface area contributed by atoms with Crippen molar-refractivity contribution in [3.05, 3.63) is 28.8 Å². The number of hydrogen-bond donors (Lipinski definition) is 2. The molecule has 0 amide bonds. The molecule has 72 valence electrons. The highest BCUT2D eigenvalue weighted by Gasteiger charge is 2.13. The molecule has 1 rings (SSSR count). The lowest BCUT2D eigenvalue weighted by atomic mass is 10.1. The monoisotopic (exact) mass is 271 g/mol. The number of rotatable bonds is 2. The molecule has 5 heteroatoms. The Morgan fingerprint density at radius 1 is 1.64 bits per heavy atom. The number of alkyl halides is 1. The molecule has 14 heavy (non-hydrogen) atoms. The van der Waals surface area contributed by atoms with Crippen LogP contribution in [0.2, 0.25) is 0 Å². The van der Waals surface area contributed by atoms with Crippen LogP contribution in [0.1, 0.15) is 21.5 Å². The van der Waals surface area contributed by atoms with Gasteiger partial charge in [-0.15, -0.1) is 12.6 Å². The normalized spacial score (nSPS) is 9.50. The zero-order valence-corrected chi connectivity index (χ0v) is 9.47. The molecule has 0 aromatic heterocycles. The van der Waals surface area contributed by atoms with Crippen molar-refractivity contribution in [1.29, 1.82) is 5.26 Å². The third-order valence-electron chi connectivity index (χ3n) is 1.77. The van der Waals surface area contributed by atoms with Gasteiger partial charge >= 0.3 is 5.97 Å². The molecule has 0 unspecified atom stereocenters. The van der Waals surface area contributed by atoms with Gasteiger partial charge in [0.1, 0.15) is 0 Å². The predicted molar refractivity (Wildman–Crippen MR) is 58.0 cm³/mol. The maximum atomic E-state index is 10.7. The van der Waals surface area contributed by atoms with Gasteiger partial charge in [0.25, 0.3) is 0 Å². The molecule has 0 fully saturated rings. The number of hydrogen-bond acceptors (Lipinski definition) is 3. The summed E-state index contributed by atoms with van der Waals surface area (Å²) in [5.41, 5.74) is 1.16. The first kappa shape index (κ1) is 11.1. The second-order valence-electron chi connectivity index (χ2n) is 2.54. The van der Waals surface area contributed by atoms with Crippen LogP contribution in [-0.4, -0.2) is 11.1 Å². The van der Waals surface area contributed by atoms with Gasteiger partial charge in [0.05, 0.1) is 17.2 Å². The van der Waals surface area contributed by atoms with Crippen molar-refractivity contribution in [1.82, 2.24) is 0 Å². The molecule has 1 aromatic rings. The van der Waals surface area contributed by atoms with E-state index in [1.807, 2.05) is 6.07 Å². The summed E-state index contributed by atoms with van der Waals surface area (Å²) in [6, 6.07) is 4.85. The Hall–Kier alpha value is -0.990. The van der Waals surface area contributed by atoms with Crippen molar-refractivity contribution in [3.8, 4) is 6.07 Å². The highest BCUT2D eigenvalue weighted by molar-refractivity contribution is 9.08. The average Bonchev–Trinajstić information content (AvgIpc) is 2.16. The molecular formula is C9H6BrNO2S. The fourth-order valence-corrected chi connectivity index (χ4v) is 2.22. The SMILES string of the molecule is N#Cc1ccc(C(=O)O)c(S)c1CBr. The molecule has 0 atom stereocenters. The van der Waals surface area contributed by atoms with E-state index in [1.54, 1.807) is 0 Å². The number of aromatic carboxylic acids is 1. The lowest BCUT2D eigenvalue weighted by Crippen LogP contribution is -2.01. The van der Waals surface area contributed by atoms with Crippen molar-refractivity contribution in [3.63, 3.8) is 0 Å². The summed E-state index contributed by atoms with van der Waals surface area (Å²) in [5, 5.41) is 18.0. The van der Waals surface area contributed by atoms with Gasteiger partial charge in [0.15, 0.2) is 0 Å². The summed E-state index contributed by atoms with van der Waals surface area (Å²) in [6.45, 7) is 0. The fraction of sp³-hybridized carbons (Fsp3) is 0.111. The number of nitriles is 1. The van der Waals surface area contributed by atoms with Crippen LogP contribution < -0.4 is 0 Å².